The molecule has 4 rings (SSSR count). The van der Waals surface area contributed by atoms with Gasteiger partial charge >= 0.3 is 0 Å². The SMILES string of the molecule is Cc1ccc(CN(c2ccc3sc(C(=O)NCCN4CCOCC4)cc3c2)S(C)(=O)=O)cc1. The van der Waals surface area contributed by atoms with Gasteiger partial charge in [-0.15, -0.1) is 11.3 Å². The number of ether oxygens (including phenoxy) is 1. The van der Waals surface area contributed by atoms with E-state index in [-0.39, 0.29) is 12.5 Å². The molecule has 1 aliphatic rings. The molecule has 0 bridgehead atoms. The van der Waals surface area contributed by atoms with Crippen LogP contribution in [0, 0.1) is 6.92 Å². The number of sulfonamides is 1. The molecule has 0 aliphatic carbocycles. The average Bonchev–Trinajstić information content (AvgIpc) is 3.22. The number of nitrogens with zero attached hydrogens (tertiary/aromatic N) is 2. The van der Waals surface area contributed by atoms with Gasteiger partial charge < -0.3 is 10.1 Å². The number of nitrogens with one attached hydrogen (secondary N) is 1. The minimum atomic E-state index is -3.48. The molecule has 7 nitrogen and oxygen atoms in total. The van der Waals surface area contributed by atoms with Gasteiger partial charge in [0.25, 0.3) is 5.91 Å². The number of aryl methyl sites for hydroxylation is 1. The zero-order valence-electron chi connectivity index (χ0n) is 18.9. The predicted molar refractivity (Wildman–Crippen MR) is 134 cm³/mol. The summed E-state index contributed by atoms with van der Waals surface area (Å²) < 4.78 is 32.8. The summed E-state index contributed by atoms with van der Waals surface area (Å²) >= 11 is 1.41. The van der Waals surface area contributed by atoms with Crippen molar-refractivity contribution in [2.45, 2.75) is 13.5 Å². The van der Waals surface area contributed by atoms with Crippen LogP contribution in [-0.4, -0.2) is 64.9 Å². The maximum atomic E-state index is 12.7. The van der Waals surface area contributed by atoms with Crippen LogP contribution in [0.4, 0.5) is 5.69 Å². The van der Waals surface area contributed by atoms with Crippen LogP contribution in [0.15, 0.2) is 48.5 Å². The van der Waals surface area contributed by atoms with Gasteiger partial charge in [-0.25, -0.2) is 8.42 Å². The van der Waals surface area contributed by atoms with Crippen LogP contribution >= 0.6 is 11.3 Å². The Bertz CT molecular complexity index is 1220. The van der Waals surface area contributed by atoms with Crippen molar-refractivity contribution >= 4 is 43.0 Å². The summed E-state index contributed by atoms with van der Waals surface area (Å²) in [5.74, 6) is -0.106. The minimum Gasteiger partial charge on any atom is -0.379 e. The van der Waals surface area contributed by atoms with Gasteiger partial charge in [0, 0.05) is 30.9 Å². The summed E-state index contributed by atoms with van der Waals surface area (Å²) in [5, 5.41) is 3.84. The summed E-state index contributed by atoms with van der Waals surface area (Å²) in [6.45, 7) is 6.88. The second-order valence-electron chi connectivity index (χ2n) is 8.30. The van der Waals surface area contributed by atoms with Gasteiger partial charge in [0.2, 0.25) is 10.0 Å². The third-order valence-electron chi connectivity index (χ3n) is 5.68. The first-order valence-corrected chi connectivity index (χ1v) is 13.6. The van der Waals surface area contributed by atoms with E-state index in [0.29, 0.717) is 17.1 Å². The summed E-state index contributed by atoms with van der Waals surface area (Å²) in [6, 6.07) is 15.2. The molecule has 1 N–H and O–H groups in total. The normalized spacial score (nSPS) is 15.0. The van der Waals surface area contributed by atoms with E-state index in [1.54, 1.807) is 6.07 Å². The monoisotopic (exact) mass is 487 g/mol. The van der Waals surface area contributed by atoms with E-state index < -0.39 is 10.0 Å². The van der Waals surface area contributed by atoms with Gasteiger partial charge in [0.1, 0.15) is 0 Å². The first kappa shape index (κ1) is 23.7. The van der Waals surface area contributed by atoms with Crippen molar-refractivity contribution in [1.82, 2.24) is 10.2 Å². The quantitative estimate of drug-likeness (QED) is 0.528. The first-order valence-electron chi connectivity index (χ1n) is 10.9. The highest BCUT2D eigenvalue weighted by Gasteiger charge is 2.19. The molecule has 3 aromatic rings. The van der Waals surface area contributed by atoms with E-state index >= 15 is 0 Å². The standard InChI is InChI=1S/C24H29N3O4S2/c1-18-3-5-19(6-4-18)17-27(33(2,29)30)21-7-8-22-20(15-21)16-23(32-22)24(28)25-9-10-26-11-13-31-14-12-26/h3-8,15-16H,9-14,17H2,1-2H3,(H,25,28). The molecule has 9 heteroatoms. The Kier molecular flexibility index (Phi) is 7.33. The zero-order valence-corrected chi connectivity index (χ0v) is 20.5. The molecular weight excluding hydrogens is 458 g/mol. The highest BCUT2D eigenvalue weighted by molar-refractivity contribution is 7.92. The molecule has 33 heavy (non-hydrogen) atoms. The Morgan fingerprint density at radius 1 is 1.12 bits per heavy atom. The number of benzene rings is 2. The summed E-state index contributed by atoms with van der Waals surface area (Å²) in [4.78, 5) is 15.5. The lowest BCUT2D eigenvalue weighted by atomic mass is 10.1. The maximum Gasteiger partial charge on any atom is 0.261 e. The fourth-order valence-electron chi connectivity index (χ4n) is 3.80. The molecule has 2 aromatic carbocycles. The molecule has 0 radical (unpaired) electrons. The molecule has 0 saturated carbocycles. The lowest BCUT2D eigenvalue weighted by Gasteiger charge is -2.26. The van der Waals surface area contributed by atoms with Crippen LogP contribution in [0.3, 0.4) is 0 Å². The fraction of sp³-hybridized carbons (Fsp3) is 0.375. The first-order chi connectivity index (χ1) is 15.8. The summed E-state index contributed by atoms with van der Waals surface area (Å²) in [6.07, 6.45) is 1.21. The van der Waals surface area contributed by atoms with Crippen molar-refractivity contribution in [2.24, 2.45) is 0 Å². The number of anilines is 1. The van der Waals surface area contributed by atoms with E-state index in [1.165, 1.54) is 21.9 Å². The van der Waals surface area contributed by atoms with E-state index in [9.17, 15) is 13.2 Å². The van der Waals surface area contributed by atoms with Crippen LogP contribution in [0.1, 0.15) is 20.8 Å². The number of morpholine rings is 1. The van der Waals surface area contributed by atoms with Crippen molar-refractivity contribution in [3.05, 3.63) is 64.5 Å². The molecule has 1 saturated heterocycles. The maximum absolute atomic E-state index is 12.7. The van der Waals surface area contributed by atoms with Crippen molar-refractivity contribution < 1.29 is 17.9 Å². The zero-order chi connectivity index (χ0) is 23.4. The van der Waals surface area contributed by atoms with Crippen molar-refractivity contribution in [3.8, 4) is 0 Å². The predicted octanol–water partition coefficient (Wildman–Crippen LogP) is 3.24. The smallest absolute Gasteiger partial charge is 0.261 e. The van der Waals surface area contributed by atoms with Gasteiger partial charge in [0.15, 0.2) is 0 Å². The van der Waals surface area contributed by atoms with E-state index in [0.717, 1.165) is 54.1 Å². The Labute approximate surface area is 199 Å². The Morgan fingerprint density at radius 3 is 2.55 bits per heavy atom. The third kappa shape index (κ3) is 6.11. The van der Waals surface area contributed by atoms with Crippen molar-refractivity contribution in [2.75, 3.05) is 50.0 Å². The number of carbonyl (C=O) groups excluding carboxylic acids is 1. The number of hydrogen-bond acceptors (Lipinski definition) is 6. The molecule has 2 heterocycles. The van der Waals surface area contributed by atoms with Crippen LogP contribution in [0.25, 0.3) is 10.1 Å². The van der Waals surface area contributed by atoms with E-state index in [2.05, 4.69) is 10.2 Å². The lowest BCUT2D eigenvalue weighted by Crippen LogP contribution is -2.41. The molecule has 1 aliphatic heterocycles. The van der Waals surface area contributed by atoms with E-state index in [4.69, 9.17) is 4.74 Å². The molecule has 0 spiro atoms. The van der Waals surface area contributed by atoms with Crippen molar-refractivity contribution in [1.29, 1.82) is 0 Å². The number of amides is 1. The van der Waals surface area contributed by atoms with Crippen LogP contribution in [0.5, 0.6) is 0 Å². The van der Waals surface area contributed by atoms with Gasteiger partial charge in [-0.1, -0.05) is 29.8 Å². The van der Waals surface area contributed by atoms with Crippen LogP contribution < -0.4 is 9.62 Å². The second kappa shape index (κ2) is 10.2. The van der Waals surface area contributed by atoms with E-state index in [1.807, 2.05) is 49.4 Å². The minimum absolute atomic E-state index is 0.106. The molecule has 176 valence electrons. The summed E-state index contributed by atoms with van der Waals surface area (Å²) in [7, 11) is -3.48. The van der Waals surface area contributed by atoms with Crippen LogP contribution in [0.2, 0.25) is 0 Å². The molecule has 0 unspecified atom stereocenters. The van der Waals surface area contributed by atoms with Gasteiger partial charge in [-0.05, 0) is 42.1 Å². The highest BCUT2D eigenvalue weighted by atomic mass is 32.2. The summed E-state index contributed by atoms with van der Waals surface area (Å²) in [5.41, 5.74) is 2.62. The van der Waals surface area contributed by atoms with Crippen molar-refractivity contribution in [3.63, 3.8) is 0 Å². The fourth-order valence-corrected chi connectivity index (χ4v) is 5.64. The number of carbonyl (C=O) groups is 1. The Hall–Kier alpha value is -2.46. The molecule has 0 atom stereocenters. The number of rotatable bonds is 8. The topological polar surface area (TPSA) is 79.0 Å². The number of thiophene rings is 1. The number of fused-ring (bicyclic) bond motifs is 1. The molecule has 1 fully saturated rings. The molecule has 1 amide bonds. The van der Waals surface area contributed by atoms with Crippen LogP contribution in [-0.2, 0) is 21.3 Å². The van der Waals surface area contributed by atoms with Gasteiger partial charge in [-0.2, -0.15) is 0 Å². The second-order valence-corrected chi connectivity index (χ2v) is 11.3. The Balaban J connectivity index is 1.48. The number of hydrogen-bond donors (Lipinski definition) is 1. The molecule has 1 aromatic heterocycles. The third-order valence-corrected chi connectivity index (χ3v) is 7.93. The van der Waals surface area contributed by atoms with Gasteiger partial charge in [-0.3, -0.25) is 14.0 Å². The van der Waals surface area contributed by atoms with Gasteiger partial charge in [0.05, 0.1) is 36.6 Å². The molecular formula is C24H29N3O4S2. The Morgan fingerprint density at radius 2 is 1.85 bits per heavy atom. The lowest BCUT2D eigenvalue weighted by molar-refractivity contribution is 0.0383. The largest absolute Gasteiger partial charge is 0.379 e. The average molecular weight is 488 g/mol. The highest BCUT2D eigenvalue weighted by Crippen LogP contribution is 2.31.